The Morgan fingerprint density at radius 2 is 1.96 bits per heavy atom. The normalized spacial score (nSPS) is 11.9. The Bertz CT molecular complexity index is 1010. The van der Waals surface area contributed by atoms with E-state index in [1.165, 1.54) is 13.3 Å². The van der Waals surface area contributed by atoms with Crippen molar-refractivity contribution in [2.45, 2.75) is 26.5 Å². The van der Waals surface area contributed by atoms with Crippen molar-refractivity contribution in [2.75, 3.05) is 7.11 Å². The molecule has 2 heterocycles. The maximum atomic E-state index is 12.7. The number of hydrogen-bond acceptors (Lipinski definition) is 6. The number of ether oxygens (including phenoxy) is 2. The molecule has 3 aromatic rings. The highest BCUT2D eigenvalue weighted by Gasteiger charge is 2.24. The lowest BCUT2D eigenvalue weighted by Crippen LogP contribution is -2.39. The van der Waals surface area contributed by atoms with E-state index in [0.717, 1.165) is 5.56 Å². The average molecular weight is 382 g/mol. The summed E-state index contributed by atoms with van der Waals surface area (Å²) in [7, 11) is 3.25. The van der Waals surface area contributed by atoms with Gasteiger partial charge in [0.1, 0.15) is 24.0 Å². The van der Waals surface area contributed by atoms with Crippen molar-refractivity contribution in [3.63, 3.8) is 0 Å². The monoisotopic (exact) mass is 382 g/mol. The standard InChI is InChI=1S/C20H22N4O4/c1-12-16-17(27-4)15(10-21-18(16)24(3)23-12)19(25)22-13(2)20(26)28-11-14-8-6-5-7-9-14/h5-10,13H,11H2,1-4H3,(H,22,25). The molecule has 1 unspecified atom stereocenters. The second-order valence-corrected chi connectivity index (χ2v) is 6.40. The second-order valence-electron chi connectivity index (χ2n) is 6.40. The first-order valence-electron chi connectivity index (χ1n) is 8.80. The minimum Gasteiger partial charge on any atom is -0.495 e. The van der Waals surface area contributed by atoms with Gasteiger partial charge in [0.2, 0.25) is 0 Å². The third kappa shape index (κ3) is 3.80. The van der Waals surface area contributed by atoms with Crippen LogP contribution in [0.3, 0.4) is 0 Å². The topological polar surface area (TPSA) is 95.3 Å². The van der Waals surface area contributed by atoms with Gasteiger partial charge >= 0.3 is 5.97 Å². The predicted octanol–water partition coefficient (Wildman–Crippen LogP) is 2.15. The number of amides is 1. The zero-order valence-electron chi connectivity index (χ0n) is 16.2. The molecule has 8 heteroatoms. The molecule has 146 valence electrons. The fourth-order valence-electron chi connectivity index (χ4n) is 2.94. The Morgan fingerprint density at radius 3 is 2.64 bits per heavy atom. The summed E-state index contributed by atoms with van der Waals surface area (Å²) in [6.45, 7) is 3.53. The quantitative estimate of drug-likeness (QED) is 0.657. The van der Waals surface area contributed by atoms with E-state index in [1.54, 1.807) is 18.7 Å². The van der Waals surface area contributed by atoms with E-state index in [4.69, 9.17) is 9.47 Å². The first-order chi connectivity index (χ1) is 13.4. The lowest BCUT2D eigenvalue weighted by atomic mass is 10.1. The van der Waals surface area contributed by atoms with E-state index in [-0.39, 0.29) is 12.2 Å². The second kappa shape index (κ2) is 8.08. The lowest BCUT2D eigenvalue weighted by Gasteiger charge is -2.15. The van der Waals surface area contributed by atoms with E-state index in [9.17, 15) is 9.59 Å². The van der Waals surface area contributed by atoms with Gasteiger partial charge in [-0.3, -0.25) is 9.48 Å². The van der Waals surface area contributed by atoms with Crippen LogP contribution in [-0.4, -0.2) is 39.8 Å². The van der Waals surface area contributed by atoms with Crippen LogP contribution in [0.1, 0.15) is 28.5 Å². The third-order valence-corrected chi connectivity index (χ3v) is 4.35. The molecular formula is C20H22N4O4. The number of carbonyl (C=O) groups is 2. The van der Waals surface area contributed by atoms with Crippen molar-refractivity contribution in [1.29, 1.82) is 0 Å². The average Bonchev–Trinajstić information content (AvgIpc) is 2.99. The first-order valence-corrected chi connectivity index (χ1v) is 8.80. The zero-order chi connectivity index (χ0) is 20.3. The smallest absolute Gasteiger partial charge is 0.328 e. The van der Waals surface area contributed by atoms with E-state index in [1.807, 2.05) is 37.3 Å². The van der Waals surface area contributed by atoms with Gasteiger partial charge in [-0.2, -0.15) is 5.10 Å². The number of esters is 1. The van der Waals surface area contributed by atoms with E-state index >= 15 is 0 Å². The number of nitrogens with zero attached hydrogens (tertiary/aromatic N) is 3. The summed E-state index contributed by atoms with van der Waals surface area (Å²) >= 11 is 0. The van der Waals surface area contributed by atoms with Gasteiger partial charge in [-0.15, -0.1) is 0 Å². The largest absolute Gasteiger partial charge is 0.495 e. The fraction of sp³-hybridized carbons (Fsp3) is 0.300. The Balaban J connectivity index is 1.73. The van der Waals surface area contributed by atoms with Crippen LogP contribution in [0.2, 0.25) is 0 Å². The Labute approximate surface area is 162 Å². The first kappa shape index (κ1) is 19.3. The lowest BCUT2D eigenvalue weighted by molar-refractivity contribution is -0.146. The van der Waals surface area contributed by atoms with Crippen molar-refractivity contribution in [3.05, 3.63) is 53.3 Å². The molecule has 1 N–H and O–H groups in total. The summed E-state index contributed by atoms with van der Waals surface area (Å²) < 4.78 is 12.3. The molecule has 2 aromatic heterocycles. The number of hydrogen-bond donors (Lipinski definition) is 1. The Hall–Kier alpha value is -3.42. The van der Waals surface area contributed by atoms with Gasteiger partial charge in [0.25, 0.3) is 5.91 Å². The maximum Gasteiger partial charge on any atom is 0.328 e. The summed E-state index contributed by atoms with van der Waals surface area (Å²) in [5.74, 6) is -0.626. The van der Waals surface area contributed by atoms with Crippen LogP contribution in [0.25, 0.3) is 11.0 Å². The van der Waals surface area contributed by atoms with Gasteiger partial charge in [-0.05, 0) is 19.4 Å². The molecule has 1 amide bonds. The SMILES string of the molecule is COc1c(C(=O)NC(C)C(=O)OCc2ccccc2)cnc2c1c(C)nn2C. The number of carbonyl (C=O) groups excluding carboxylic acids is 2. The van der Waals surface area contributed by atoms with Gasteiger partial charge < -0.3 is 14.8 Å². The molecule has 28 heavy (non-hydrogen) atoms. The molecule has 0 aliphatic heterocycles. The molecule has 0 spiro atoms. The number of methoxy groups -OCH3 is 1. The fourth-order valence-corrected chi connectivity index (χ4v) is 2.94. The molecular weight excluding hydrogens is 360 g/mol. The number of fused-ring (bicyclic) bond motifs is 1. The number of nitrogens with one attached hydrogen (secondary N) is 1. The van der Waals surface area contributed by atoms with Crippen molar-refractivity contribution < 1.29 is 19.1 Å². The molecule has 3 rings (SSSR count). The summed E-state index contributed by atoms with van der Waals surface area (Å²) in [5, 5.41) is 7.61. The van der Waals surface area contributed by atoms with Crippen LogP contribution in [0.5, 0.6) is 5.75 Å². The highest BCUT2D eigenvalue weighted by Crippen LogP contribution is 2.30. The maximum absolute atomic E-state index is 12.7. The molecule has 0 fully saturated rings. The van der Waals surface area contributed by atoms with Gasteiger partial charge in [0, 0.05) is 13.2 Å². The zero-order valence-corrected chi connectivity index (χ0v) is 16.2. The molecule has 1 atom stereocenters. The minimum absolute atomic E-state index is 0.144. The summed E-state index contributed by atoms with van der Waals surface area (Å²) in [6.07, 6.45) is 1.42. The van der Waals surface area contributed by atoms with Gasteiger partial charge in [0.05, 0.1) is 18.2 Å². The number of rotatable bonds is 6. The van der Waals surface area contributed by atoms with Gasteiger partial charge in [0.15, 0.2) is 5.65 Å². The predicted molar refractivity (Wildman–Crippen MR) is 103 cm³/mol. The Morgan fingerprint density at radius 1 is 1.25 bits per heavy atom. The van der Waals surface area contributed by atoms with Crippen LogP contribution in [0.4, 0.5) is 0 Å². The molecule has 0 saturated heterocycles. The number of benzene rings is 1. The van der Waals surface area contributed by atoms with Gasteiger partial charge in [-0.1, -0.05) is 30.3 Å². The van der Waals surface area contributed by atoms with Gasteiger partial charge in [-0.25, -0.2) is 9.78 Å². The minimum atomic E-state index is -0.827. The number of pyridine rings is 1. The summed E-state index contributed by atoms with van der Waals surface area (Å²) in [4.78, 5) is 29.2. The van der Waals surface area contributed by atoms with Crippen molar-refractivity contribution in [3.8, 4) is 5.75 Å². The van der Waals surface area contributed by atoms with Crippen molar-refractivity contribution in [1.82, 2.24) is 20.1 Å². The van der Waals surface area contributed by atoms with E-state index in [2.05, 4.69) is 15.4 Å². The molecule has 0 aliphatic carbocycles. The van der Waals surface area contributed by atoms with Crippen LogP contribution in [0, 0.1) is 6.92 Å². The summed E-state index contributed by atoms with van der Waals surface area (Å²) in [5.41, 5.74) is 2.42. The molecule has 0 bridgehead atoms. The molecule has 0 aliphatic rings. The molecule has 0 radical (unpaired) electrons. The Kier molecular flexibility index (Phi) is 5.58. The molecule has 0 saturated carbocycles. The number of aromatic nitrogens is 3. The van der Waals surface area contributed by atoms with Crippen LogP contribution < -0.4 is 10.1 Å². The summed E-state index contributed by atoms with van der Waals surface area (Å²) in [6, 6.07) is 8.51. The third-order valence-electron chi connectivity index (χ3n) is 4.35. The highest BCUT2D eigenvalue weighted by molar-refractivity contribution is 6.03. The van der Waals surface area contributed by atoms with Crippen molar-refractivity contribution >= 4 is 22.9 Å². The van der Waals surface area contributed by atoms with E-state index in [0.29, 0.717) is 22.5 Å². The molecule has 8 nitrogen and oxygen atoms in total. The van der Waals surface area contributed by atoms with Crippen LogP contribution in [0.15, 0.2) is 36.5 Å². The number of aryl methyl sites for hydroxylation is 2. The highest BCUT2D eigenvalue weighted by atomic mass is 16.5. The van der Waals surface area contributed by atoms with Crippen LogP contribution >= 0.6 is 0 Å². The van der Waals surface area contributed by atoms with E-state index < -0.39 is 17.9 Å². The van der Waals surface area contributed by atoms with Crippen LogP contribution in [-0.2, 0) is 23.2 Å². The molecule has 1 aromatic carbocycles. The van der Waals surface area contributed by atoms with Crippen molar-refractivity contribution in [2.24, 2.45) is 7.05 Å².